The fourth-order valence-corrected chi connectivity index (χ4v) is 3.36. The summed E-state index contributed by atoms with van der Waals surface area (Å²) in [6.07, 6.45) is 0.834. The van der Waals surface area contributed by atoms with Gasteiger partial charge in [-0.25, -0.2) is 4.79 Å². The molecule has 1 fully saturated rings. The monoisotopic (exact) mass is 343 g/mol. The van der Waals surface area contributed by atoms with Gasteiger partial charge in [0.05, 0.1) is 24.4 Å². The zero-order chi connectivity index (χ0) is 17.8. The summed E-state index contributed by atoms with van der Waals surface area (Å²) in [4.78, 5) is 14.5. The van der Waals surface area contributed by atoms with Gasteiger partial charge in [-0.15, -0.1) is 0 Å². The summed E-state index contributed by atoms with van der Waals surface area (Å²) in [7, 11) is 0. The number of aryl methyl sites for hydroxylation is 2. The second-order valence-corrected chi connectivity index (χ2v) is 6.54. The van der Waals surface area contributed by atoms with Gasteiger partial charge in [0.25, 0.3) is 0 Å². The molecule has 0 unspecified atom stereocenters. The van der Waals surface area contributed by atoms with Crippen molar-refractivity contribution in [3.8, 4) is 0 Å². The quantitative estimate of drug-likeness (QED) is 0.927. The maximum Gasteiger partial charge on any atom is 0.318 e. The van der Waals surface area contributed by atoms with Crippen LogP contribution in [0, 0.1) is 13.8 Å². The third-order valence-electron chi connectivity index (χ3n) is 4.59. The van der Waals surface area contributed by atoms with E-state index in [1.807, 2.05) is 43.9 Å². The predicted molar refractivity (Wildman–Crippen MR) is 94.4 cm³/mol. The van der Waals surface area contributed by atoms with Crippen LogP contribution in [-0.4, -0.2) is 41.9 Å². The molecule has 1 saturated heterocycles. The highest BCUT2D eigenvalue weighted by molar-refractivity contribution is 5.75. The molecule has 2 aromatic rings. The minimum atomic E-state index is -0.144. The molecule has 134 valence electrons. The van der Waals surface area contributed by atoms with Crippen LogP contribution >= 0.6 is 0 Å². The first kappa shape index (κ1) is 17.5. The second kappa shape index (κ2) is 7.70. The number of nitrogens with zero attached hydrogens (tertiary/aromatic N) is 2. The Morgan fingerprint density at radius 1 is 1.36 bits per heavy atom. The van der Waals surface area contributed by atoms with Crippen LogP contribution in [0.15, 0.2) is 34.9 Å². The molecule has 2 amide bonds. The molecule has 0 bridgehead atoms. The van der Waals surface area contributed by atoms with E-state index < -0.39 is 0 Å². The molecule has 0 saturated carbocycles. The van der Waals surface area contributed by atoms with Crippen LogP contribution in [0.5, 0.6) is 0 Å². The normalized spacial score (nSPS) is 18.8. The maximum absolute atomic E-state index is 12.6. The van der Waals surface area contributed by atoms with Gasteiger partial charge in [0.1, 0.15) is 5.76 Å². The topological polar surface area (TPSA) is 67.6 Å². The van der Waals surface area contributed by atoms with Crippen LogP contribution in [0.2, 0.25) is 0 Å². The number of morpholine rings is 1. The Bertz CT molecular complexity index is 694. The van der Waals surface area contributed by atoms with Crippen molar-refractivity contribution in [2.75, 3.05) is 19.7 Å². The molecule has 6 heteroatoms. The minimum Gasteiger partial charge on any atom is -0.374 e. The van der Waals surface area contributed by atoms with E-state index in [-0.39, 0.29) is 18.2 Å². The van der Waals surface area contributed by atoms with Gasteiger partial charge in [0.15, 0.2) is 0 Å². The van der Waals surface area contributed by atoms with Crippen LogP contribution in [0.25, 0.3) is 0 Å². The molecule has 1 N–H and O–H groups in total. The highest BCUT2D eigenvalue weighted by Crippen LogP contribution is 2.21. The molecule has 0 radical (unpaired) electrons. The van der Waals surface area contributed by atoms with Crippen molar-refractivity contribution in [1.29, 1.82) is 0 Å². The SMILES string of the molecule is Cc1noc(C)c1[C@H](C)NC(=O)N1CCO[C@@H](Cc2ccccc2)C1. The number of urea groups is 1. The third kappa shape index (κ3) is 4.20. The Labute approximate surface area is 148 Å². The molecule has 0 aliphatic carbocycles. The summed E-state index contributed by atoms with van der Waals surface area (Å²) in [5.41, 5.74) is 2.98. The van der Waals surface area contributed by atoms with Crippen LogP contribution in [0.1, 0.15) is 35.5 Å². The summed E-state index contributed by atoms with van der Waals surface area (Å²) in [6.45, 7) is 7.46. The number of hydrogen-bond donors (Lipinski definition) is 1. The number of carbonyl (C=O) groups excluding carboxylic acids is 1. The summed E-state index contributed by atoms with van der Waals surface area (Å²) < 4.78 is 11.0. The maximum atomic E-state index is 12.6. The van der Waals surface area contributed by atoms with Crippen molar-refractivity contribution < 1.29 is 14.1 Å². The molecular formula is C19H25N3O3. The zero-order valence-corrected chi connectivity index (χ0v) is 15.0. The Balaban J connectivity index is 1.58. The number of nitrogens with one attached hydrogen (secondary N) is 1. The van der Waals surface area contributed by atoms with Gasteiger partial charge in [-0.2, -0.15) is 0 Å². The van der Waals surface area contributed by atoms with Gasteiger partial charge in [-0.1, -0.05) is 35.5 Å². The Morgan fingerprint density at radius 3 is 2.80 bits per heavy atom. The van der Waals surface area contributed by atoms with Crippen LogP contribution in [0.4, 0.5) is 4.79 Å². The van der Waals surface area contributed by atoms with Crippen molar-refractivity contribution in [3.63, 3.8) is 0 Å². The molecule has 3 rings (SSSR count). The first-order valence-electron chi connectivity index (χ1n) is 8.68. The van der Waals surface area contributed by atoms with E-state index >= 15 is 0 Å². The second-order valence-electron chi connectivity index (χ2n) is 6.54. The molecule has 25 heavy (non-hydrogen) atoms. The molecule has 0 spiro atoms. The number of ether oxygens (including phenoxy) is 1. The van der Waals surface area contributed by atoms with Crippen LogP contribution in [-0.2, 0) is 11.2 Å². The Morgan fingerprint density at radius 2 is 2.12 bits per heavy atom. The molecule has 6 nitrogen and oxygen atoms in total. The lowest BCUT2D eigenvalue weighted by atomic mass is 10.1. The summed E-state index contributed by atoms with van der Waals surface area (Å²) in [5.74, 6) is 0.745. The van der Waals surface area contributed by atoms with E-state index in [4.69, 9.17) is 9.26 Å². The lowest BCUT2D eigenvalue weighted by Crippen LogP contribution is -2.50. The molecule has 1 aliphatic rings. The first-order valence-corrected chi connectivity index (χ1v) is 8.68. The number of benzene rings is 1. The van der Waals surface area contributed by atoms with Crippen molar-refractivity contribution >= 4 is 6.03 Å². The number of amides is 2. The van der Waals surface area contributed by atoms with E-state index in [9.17, 15) is 4.79 Å². The average Bonchev–Trinajstić information content (AvgIpc) is 2.94. The summed E-state index contributed by atoms with van der Waals surface area (Å²) >= 11 is 0. The lowest BCUT2D eigenvalue weighted by molar-refractivity contribution is -0.0135. The molecule has 2 atom stereocenters. The minimum absolute atomic E-state index is 0.0243. The fraction of sp³-hybridized carbons (Fsp3) is 0.474. The van der Waals surface area contributed by atoms with E-state index in [1.54, 1.807) is 0 Å². The predicted octanol–water partition coefficient (Wildman–Crippen LogP) is 3.01. The van der Waals surface area contributed by atoms with Crippen molar-refractivity contribution in [2.45, 2.75) is 39.3 Å². The highest BCUT2D eigenvalue weighted by Gasteiger charge is 2.26. The van der Waals surface area contributed by atoms with Crippen LogP contribution in [0.3, 0.4) is 0 Å². The Kier molecular flexibility index (Phi) is 5.38. The van der Waals surface area contributed by atoms with Crippen molar-refractivity contribution in [1.82, 2.24) is 15.4 Å². The fourth-order valence-electron chi connectivity index (χ4n) is 3.36. The lowest BCUT2D eigenvalue weighted by Gasteiger charge is -2.33. The number of aromatic nitrogens is 1. The van der Waals surface area contributed by atoms with Crippen molar-refractivity contribution in [3.05, 3.63) is 52.9 Å². The van der Waals surface area contributed by atoms with Gasteiger partial charge in [-0.05, 0) is 26.3 Å². The van der Waals surface area contributed by atoms with Gasteiger partial charge in [-0.3, -0.25) is 0 Å². The number of rotatable bonds is 4. The molecular weight excluding hydrogens is 318 g/mol. The van der Waals surface area contributed by atoms with E-state index in [0.29, 0.717) is 19.7 Å². The van der Waals surface area contributed by atoms with Gasteiger partial charge in [0.2, 0.25) is 0 Å². The third-order valence-corrected chi connectivity index (χ3v) is 4.59. The van der Waals surface area contributed by atoms with Crippen LogP contribution < -0.4 is 5.32 Å². The number of hydrogen-bond acceptors (Lipinski definition) is 4. The molecule has 1 aromatic heterocycles. The molecule has 2 heterocycles. The smallest absolute Gasteiger partial charge is 0.318 e. The van der Waals surface area contributed by atoms with E-state index in [1.165, 1.54) is 5.56 Å². The number of carbonyl (C=O) groups is 1. The zero-order valence-electron chi connectivity index (χ0n) is 15.0. The summed E-state index contributed by atoms with van der Waals surface area (Å²) in [5, 5.41) is 7.01. The Hall–Kier alpha value is -2.34. The standard InChI is InChI=1S/C19H25N3O3/c1-13(18-14(2)21-25-15(18)3)20-19(23)22-9-10-24-17(12-22)11-16-7-5-4-6-8-16/h4-8,13,17H,9-12H2,1-3H3,(H,20,23)/t13-,17-/m0/s1. The largest absolute Gasteiger partial charge is 0.374 e. The molecule has 1 aliphatic heterocycles. The van der Waals surface area contributed by atoms with Gasteiger partial charge >= 0.3 is 6.03 Å². The van der Waals surface area contributed by atoms with Gasteiger partial charge in [0, 0.05) is 25.1 Å². The summed E-state index contributed by atoms with van der Waals surface area (Å²) in [6, 6.07) is 10.00. The van der Waals surface area contributed by atoms with E-state index in [2.05, 4.69) is 22.6 Å². The molecule has 1 aromatic carbocycles. The average molecular weight is 343 g/mol. The van der Waals surface area contributed by atoms with Gasteiger partial charge < -0.3 is 19.5 Å². The first-order chi connectivity index (χ1) is 12.0. The van der Waals surface area contributed by atoms with Crippen molar-refractivity contribution in [2.24, 2.45) is 0 Å². The highest BCUT2D eigenvalue weighted by atomic mass is 16.5. The van der Waals surface area contributed by atoms with E-state index in [0.717, 1.165) is 23.4 Å².